The van der Waals surface area contributed by atoms with Crippen molar-refractivity contribution >= 4 is 17.4 Å². The highest BCUT2D eigenvalue weighted by Gasteiger charge is 2.16. The lowest BCUT2D eigenvalue weighted by Gasteiger charge is -2.26. The molecule has 1 aliphatic rings. The Labute approximate surface area is 112 Å². The van der Waals surface area contributed by atoms with Crippen LogP contribution in [0.5, 0.6) is 5.88 Å². The number of hydrogen-bond donors (Lipinski definition) is 2. The number of carbonyl (C=O) groups excluding carboxylic acids is 1. The van der Waals surface area contributed by atoms with E-state index >= 15 is 0 Å². The number of ether oxygens (including phenoxy) is 1. The lowest BCUT2D eigenvalue weighted by molar-refractivity contribution is -0.130. The molecular weight excluding hydrogens is 244 g/mol. The summed E-state index contributed by atoms with van der Waals surface area (Å²) >= 11 is 0. The number of amides is 1. The molecule has 0 spiro atoms. The Morgan fingerprint density at radius 1 is 1.42 bits per heavy atom. The smallest absolute Gasteiger partial charge is 0.241 e. The van der Waals surface area contributed by atoms with Crippen LogP contribution in [-0.4, -0.2) is 42.5 Å². The predicted octanol–water partition coefficient (Wildman–Crippen LogP) is 1.10. The second kappa shape index (κ2) is 6.26. The van der Waals surface area contributed by atoms with Gasteiger partial charge in [0.25, 0.3) is 0 Å². The molecule has 1 aromatic rings. The molecule has 1 fully saturated rings. The highest BCUT2D eigenvalue weighted by Crippen LogP contribution is 2.19. The van der Waals surface area contributed by atoms with E-state index in [1.807, 2.05) is 4.90 Å². The zero-order valence-electron chi connectivity index (χ0n) is 11.2. The lowest BCUT2D eigenvalue weighted by atomic mass is 10.1. The van der Waals surface area contributed by atoms with E-state index in [9.17, 15) is 4.79 Å². The van der Waals surface area contributed by atoms with E-state index in [-0.39, 0.29) is 12.5 Å². The van der Waals surface area contributed by atoms with Gasteiger partial charge >= 0.3 is 0 Å². The van der Waals surface area contributed by atoms with Gasteiger partial charge in [-0.25, -0.2) is 0 Å². The largest absolute Gasteiger partial charge is 0.481 e. The molecule has 1 aromatic heterocycles. The highest BCUT2D eigenvalue weighted by molar-refractivity contribution is 5.81. The SMILES string of the molecule is COc1ccc(N)c(NCC(=O)N2CCCCC2)n1. The van der Waals surface area contributed by atoms with Gasteiger partial charge in [-0.05, 0) is 25.3 Å². The van der Waals surface area contributed by atoms with Crippen molar-refractivity contribution in [3.63, 3.8) is 0 Å². The van der Waals surface area contributed by atoms with Crippen LogP contribution in [0.2, 0.25) is 0 Å². The van der Waals surface area contributed by atoms with E-state index in [0.29, 0.717) is 17.4 Å². The lowest BCUT2D eigenvalue weighted by Crippen LogP contribution is -2.39. The van der Waals surface area contributed by atoms with Crippen LogP contribution in [0.25, 0.3) is 0 Å². The van der Waals surface area contributed by atoms with Crippen LogP contribution in [0.4, 0.5) is 11.5 Å². The van der Waals surface area contributed by atoms with Crippen molar-refractivity contribution < 1.29 is 9.53 Å². The number of piperidine rings is 1. The van der Waals surface area contributed by atoms with Crippen LogP contribution in [0.1, 0.15) is 19.3 Å². The van der Waals surface area contributed by atoms with E-state index in [2.05, 4.69) is 10.3 Å². The quantitative estimate of drug-likeness (QED) is 0.851. The van der Waals surface area contributed by atoms with Gasteiger partial charge in [0, 0.05) is 19.2 Å². The summed E-state index contributed by atoms with van der Waals surface area (Å²) in [6.07, 6.45) is 3.39. The summed E-state index contributed by atoms with van der Waals surface area (Å²) in [5.41, 5.74) is 6.31. The van der Waals surface area contributed by atoms with Crippen LogP contribution in [0.3, 0.4) is 0 Å². The number of nitrogens with one attached hydrogen (secondary N) is 1. The van der Waals surface area contributed by atoms with Gasteiger partial charge in [-0.2, -0.15) is 4.98 Å². The molecule has 0 aliphatic carbocycles. The van der Waals surface area contributed by atoms with E-state index in [1.54, 1.807) is 19.2 Å². The van der Waals surface area contributed by atoms with Gasteiger partial charge in [0.15, 0.2) is 5.82 Å². The Bertz CT molecular complexity index is 444. The van der Waals surface area contributed by atoms with Crippen molar-refractivity contribution in [2.75, 3.05) is 37.8 Å². The highest BCUT2D eigenvalue weighted by atomic mass is 16.5. The van der Waals surface area contributed by atoms with Crippen LogP contribution < -0.4 is 15.8 Å². The molecule has 19 heavy (non-hydrogen) atoms. The van der Waals surface area contributed by atoms with E-state index in [0.717, 1.165) is 25.9 Å². The average Bonchev–Trinajstić information content (AvgIpc) is 2.47. The Hall–Kier alpha value is -1.98. The van der Waals surface area contributed by atoms with Gasteiger partial charge in [-0.3, -0.25) is 4.79 Å². The third-order valence-electron chi connectivity index (χ3n) is 3.23. The minimum absolute atomic E-state index is 0.0868. The number of aromatic nitrogens is 1. The van der Waals surface area contributed by atoms with E-state index < -0.39 is 0 Å². The fourth-order valence-corrected chi connectivity index (χ4v) is 2.12. The van der Waals surface area contributed by atoms with Crippen molar-refractivity contribution in [2.24, 2.45) is 0 Å². The van der Waals surface area contributed by atoms with Gasteiger partial charge < -0.3 is 20.7 Å². The Kier molecular flexibility index (Phi) is 4.43. The number of anilines is 2. The fraction of sp³-hybridized carbons (Fsp3) is 0.538. The standard InChI is InChI=1S/C13H20N4O2/c1-19-11-6-5-10(14)13(16-11)15-9-12(18)17-7-3-2-4-8-17/h5-6H,2-4,7-9,14H2,1H3,(H,15,16). The van der Waals surface area contributed by atoms with Gasteiger partial charge in [-0.15, -0.1) is 0 Å². The normalized spacial score (nSPS) is 15.1. The first-order chi connectivity index (χ1) is 9.20. The summed E-state index contributed by atoms with van der Waals surface area (Å²) < 4.78 is 5.03. The van der Waals surface area contributed by atoms with Gasteiger partial charge in [0.1, 0.15) is 0 Å². The van der Waals surface area contributed by atoms with Crippen molar-refractivity contribution in [2.45, 2.75) is 19.3 Å². The van der Waals surface area contributed by atoms with E-state index in [1.165, 1.54) is 6.42 Å². The second-order valence-electron chi connectivity index (χ2n) is 4.59. The summed E-state index contributed by atoms with van der Waals surface area (Å²) in [6.45, 7) is 1.91. The number of nitrogen functional groups attached to an aromatic ring is 1. The number of methoxy groups -OCH3 is 1. The van der Waals surface area contributed by atoms with Gasteiger partial charge in [0.2, 0.25) is 11.8 Å². The van der Waals surface area contributed by atoms with Crippen LogP contribution >= 0.6 is 0 Å². The molecule has 1 saturated heterocycles. The number of nitrogens with zero attached hydrogens (tertiary/aromatic N) is 2. The number of nitrogens with two attached hydrogens (primary N) is 1. The number of carbonyl (C=O) groups is 1. The Morgan fingerprint density at radius 2 is 2.16 bits per heavy atom. The summed E-state index contributed by atoms with van der Waals surface area (Å²) in [6, 6.07) is 3.40. The first kappa shape index (κ1) is 13.5. The molecule has 3 N–H and O–H groups in total. The Balaban J connectivity index is 1.92. The molecule has 6 nitrogen and oxygen atoms in total. The van der Waals surface area contributed by atoms with Crippen LogP contribution in [0, 0.1) is 0 Å². The van der Waals surface area contributed by atoms with Crippen molar-refractivity contribution in [1.29, 1.82) is 0 Å². The maximum absolute atomic E-state index is 12.0. The molecule has 104 valence electrons. The molecule has 0 bridgehead atoms. The van der Waals surface area contributed by atoms with Gasteiger partial charge in [0.05, 0.1) is 19.3 Å². The number of rotatable bonds is 4. The van der Waals surface area contributed by atoms with Gasteiger partial charge in [-0.1, -0.05) is 0 Å². The van der Waals surface area contributed by atoms with Crippen molar-refractivity contribution in [3.8, 4) is 5.88 Å². The molecule has 0 unspecified atom stereocenters. The summed E-state index contributed by atoms with van der Waals surface area (Å²) in [4.78, 5) is 18.1. The monoisotopic (exact) mass is 264 g/mol. The first-order valence-electron chi connectivity index (χ1n) is 6.53. The van der Waals surface area contributed by atoms with Crippen LogP contribution in [0.15, 0.2) is 12.1 Å². The third kappa shape index (κ3) is 3.49. The number of likely N-dealkylation sites (tertiary alicyclic amines) is 1. The number of pyridine rings is 1. The zero-order chi connectivity index (χ0) is 13.7. The van der Waals surface area contributed by atoms with E-state index in [4.69, 9.17) is 10.5 Å². The first-order valence-corrected chi connectivity index (χ1v) is 6.53. The van der Waals surface area contributed by atoms with Crippen LogP contribution in [-0.2, 0) is 4.79 Å². The molecule has 2 rings (SSSR count). The molecule has 0 saturated carbocycles. The minimum Gasteiger partial charge on any atom is -0.481 e. The third-order valence-corrected chi connectivity index (χ3v) is 3.23. The fourth-order valence-electron chi connectivity index (χ4n) is 2.12. The molecule has 0 aromatic carbocycles. The topological polar surface area (TPSA) is 80.5 Å². The molecule has 1 amide bonds. The Morgan fingerprint density at radius 3 is 2.84 bits per heavy atom. The summed E-state index contributed by atoms with van der Waals surface area (Å²) in [7, 11) is 1.54. The summed E-state index contributed by atoms with van der Waals surface area (Å²) in [5.74, 6) is 1.05. The van der Waals surface area contributed by atoms with Crippen molar-refractivity contribution in [3.05, 3.63) is 12.1 Å². The minimum atomic E-state index is 0.0868. The molecule has 2 heterocycles. The summed E-state index contributed by atoms with van der Waals surface area (Å²) in [5, 5.41) is 2.98. The second-order valence-corrected chi connectivity index (χ2v) is 4.59. The molecule has 0 radical (unpaired) electrons. The molecular formula is C13H20N4O2. The average molecular weight is 264 g/mol. The maximum Gasteiger partial charge on any atom is 0.241 e. The molecule has 0 atom stereocenters. The zero-order valence-corrected chi connectivity index (χ0v) is 11.2. The predicted molar refractivity (Wildman–Crippen MR) is 74.1 cm³/mol. The number of hydrogen-bond acceptors (Lipinski definition) is 5. The molecule has 6 heteroatoms. The molecule has 1 aliphatic heterocycles. The van der Waals surface area contributed by atoms with Crippen molar-refractivity contribution in [1.82, 2.24) is 9.88 Å². The maximum atomic E-state index is 12.0.